The van der Waals surface area contributed by atoms with Gasteiger partial charge in [-0.05, 0) is 24.3 Å². The quantitative estimate of drug-likeness (QED) is 0.751. The van der Waals surface area contributed by atoms with E-state index >= 15 is 0 Å². The fourth-order valence-electron chi connectivity index (χ4n) is 1.73. The van der Waals surface area contributed by atoms with Crippen LogP contribution >= 0.6 is 15.9 Å². The lowest BCUT2D eigenvalue weighted by Crippen LogP contribution is -1.89. The summed E-state index contributed by atoms with van der Waals surface area (Å²) in [6.07, 6.45) is 1.65. The van der Waals surface area contributed by atoms with E-state index in [-0.39, 0.29) is 0 Å². The molecule has 3 rings (SSSR count). The van der Waals surface area contributed by atoms with Gasteiger partial charge in [-0.2, -0.15) is 4.98 Å². The van der Waals surface area contributed by atoms with Crippen molar-refractivity contribution in [2.75, 3.05) is 5.32 Å². The van der Waals surface area contributed by atoms with Crippen molar-refractivity contribution in [1.82, 2.24) is 4.98 Å². The van der Waals surface area contributed by atoms with Crippen LogP contribution in [0.5, 0.6) is 0 Å². The maximum absolute atomic E-state index is 5.42. The zero-order valence-corrected chi connectivity index (χ0v) is 11.6. The standard InChI is InChI=1S/C15H11BrN2O/c16-12-8-6-11(7-9-12)14-10-19-15(18-14)17-13-4-2-1-3-5-13/h1-10H,(H,17,18). The topological polar surface area (TPSA) is 38.1 Å². The Morgan fingerprint density at radius 1 is 0.947 bits per heavy atom. The van der Waals surface area contributed by atoms with Gasteiger partial charge < -0.3 is 9.73 Å². The monoisotopic (exact) mass is 314 g/mol. The Hall–Kier alpha value is -2.07. The maximum atomic E-state index is 5.42. The first kappa shape index (κ1) is 12.0. The lowest BCUT2D eigenvalue weighted by molar-refractivity contribution is 0.578. The molecule has 0 fully saturated rings. The number of benzene rings is 2. The van der Waals surface area contributed by atoms with Crippen LogP contribution in [0.4, 0.5) is 11.7 Å². The maximum Gasteiger partial charge on any atom is 0.299 e. The molecule has 0 bridgehead atoms. The number of nitrogens with zero attached hydrogens (tertiary/aromatic N) is 1. The highest BCUT2D eigenvalue weighted by atomic mass is 79.9. The van der Waals surface area contributed by atoms with Gasteiger partial charge in [-0.1, -0.05) is 46.3 Å². The Morgan fingerprint density at radius 2 is 1.68 bits per heavy atom. The fourth-order valence-corrected chi connectivity index (χ4v) is 1.99. The average Bonchev–Trinajstić information content (AvgIpc) is 2.89. The Balaban J connectivity index is 1.82. The lowest BCUT2D eigenvalue weighted by Gasteiger charge is -1.99. The number of halogens is 1. The molecule has 3 nitrogen and oxygen atoms in total. The second-order valence-corrected chi connectivity index (χ2v) is 4.95. The first-order chi connectivity index (χ1) is 9.31. The minimum Gasteiger partial charge on any atom is -0.431 e. The first-order valence-corrected chi connectivity index (χ1v) is 6.64. The summed E-state index contributed by atoms with van der Waals surface area (Å²) in [5.41, 5.74) is 2.78. The molecule has 1 heterocycles. The molecule has 0 saturated carbocycles. The zero-order valence-electron chi connectivity index (χ0n) is 10.0. The second-order valence-electron chi connectivity index (χ2n) is 4.04. The van der Waals surface area contributed by atoms with Crippen molar-refractivity contribution in [2.45, 2.75) is 0 Å². The molecule has 3 aromatic rings. The number of nitrogens with one attached hydrogen (secondary N) is 1. The van der Waals surface area contributed by atoms with Gasteiger partial charge in [0.05, 0.1) is 0 Å². The van der Waals surface area contributed by atoms with Crippen molar-refractivity contribution >= 4 is 27.6 Å². The largest absolute Gasteiger partial charge is 0.431 e. The smallest absolute Gasteiger partial charge is 0.299 e. The number of aromatic nitrogens is 1. The van der Waals surface area contributed by atoms with Crippen molar-refractivity contribution in [3.8, 4) is 11.3 Å². The average molecular weight is 315 g/mol. The summed E-state index contributed by atoms with van der Waals surface area (Å²) >= 11 is 3.41. The van der Waals surface area contributed by atoms with Gasteiger partial charge >= 0.3 is 0 Å². The van der Waals surface area contributed by atoms with Gasteiger partial charge in [0.2, 0.25) is 0 Å². The predicted molar refractivity (Wildman–Crippen MR) is 79.4 cm³/mol. The second kappa shape index (κ2) is 5.28. The van der Waals surface area contributed by atoms with Gasteiger partial charge in [0.25, 0.3) is 6.01 Å². The molecule has 2 aromatic carbocycles. The van der Waals surface area contributed by atoms with E-state index in [1.807, 2.05) is 54.6 Å². The third-order valence-electron chi connectivity index (χ3n) is 2.67. The molecular formula is C15H11BrN2O. The van der Waals surface area contributed by atoms with E-state index in [0.29, 0.717) is 6.01 Å². The summed E-state index contributed by atoms with van der Waals surface area (Å²) < 4.78 is 6.46. The van der Waals surface area contributed by atoms with Crippen LogP contribution in [0.15, 0.2) is 69.8 Å². The van der Waals surface area contributed by atoms with Gasteiger partial charge in [0.15, 0.2) is 0 Å². The highest BCUT2D eigenvalue weighted by Gasteiger charge is 2.06. The van der Waals surface area contributed by atoms with Gasteiger partial charge in [-0.3, -0.25) is 0 Å². The van der Waals surface area contributed by atoms with Crippen LogP contribution in [0.2, 0.25) is 0 Å². The van der Waals surface area contributed by atoms with Crippen LogP contribution in [-0.4, -0.2) is 4.98 Å². The highest BCUT2D eigenvalue weighted by molar-refractivity contribution is 9.10. The summed E-state index contributed by atoms with van der Waals surface area (Å²) in [7, 11) is 0. The molecule has 0 aliphatic carbocycles. The van der Waals surface area contributed by atoms with Crippen molar-refractivity contribution in [3.05, 3.63) is 65.3 Å². The summed E-state index contributed by atoms with van der Waals surface area (Å²) in [4.78, 5) is 4.41. The molecule has 0 unspecified atom stereocenters. The highest BCUT2D eigenvalue weighted by Crippen LogP contribution is 2.24. The van der Waals surface area contributed by atoms with Gasteiger partial charge in [0, 0.05) is 15.7 Å². The Labute approximate surface area is 119 Å². The molecule has 4 heteroatoms. The molecule has 0 spiro atoms. The molecule has 0 aliphatic rings. The van der Waals surface area contributed by atoms with E-state index in [0.717, 1.165) is 21.4 Å². The Bertz CT molecular complexity index is 662. The van der Waals surface area contributed by atoms with E-state index in [1.54, 1.807) is 6.26 Å². The number of oxazole rings is 1. The van der Waals surface area contributed by atoms with Crippen LogP contribution in [-0.2, 0) is 0 Å². The Morgan fingerprint density at radius 3 is 2.42 bits per heavy atom. The van der Waals surface area contributed by atoms with Crippen LogP contribution in [0.3, 0.4) is 0 Å². The first-order valence-electron chi connectivity index (χ1n) is 5.85. The summed E-state index contributed by atoms with van der Waals surface area (Å²) in [6, 6.07) is 18.2. The van der Waals surface area contributed by atoms with E-state index < -0.39 is 0 Å². The summed E-state index contributed by atoms with van der Waals surface area (Å²) in [5, 5.41) is 3.12. The van der Waals surface area contributed by atoms with Gasteiger partial charge in [-0.25, -0.2) is 0 Å². The van der Waals surface area contributed by atoms with Crippen molar-refractivity contribution in [3.63, 3.8) is 0 Å². The zero-order chi connectivity index (χ0) is 13.1. The summed E-state index contributed by atoms with van der Waals surface area (Å²) in [6.45, 7) is 0. The van der Waals surface area contributed by atoms with Crippen LogP contribution < -0.4 is 5.32 Å². The van der Waals surface area contributed by atoms with Crippen LogP contribution in [0.25, 0.3) is 11.3 Å². The van der Waals surface area contributed by atoms with Crippen molar-refractivity contribution in [1.29, 1.82) is 0 Å². The SMILES string of the molecule is Brc1ccc(-c2coc(Nc3ccccc3)n2)cc1. The predicted octanol–water partition coefficient (Wildman–Crippen LogP) is 4.85. The molecule has 94 valence electrons. The normalized spacial score (nSPS) is 10.4. The number of hydrogen-bond acceptors (Lipinski definition) is 3. The molecule has 1 aromatic heterocycles. The Kier molecular flexibility index (Phi) is 3.33. The lowest BCUT2D eigenvalue weighted by atomic mass is 10.2. The minimum absolute atomic E-state index is 0.490. The minimum atomic E-state index is 0.490. The molecule has 19 heavy (non-hydrogen) atoms. The molecule has 0 aliphatic heterocycles. The summed E-state index contributed by atoms with van der Waals surface area (Å²) in [5.74, 6) is 0. The van der Waals surface area contributed by atoms with Gasteiger partial charge in [0.1, 0.15) is 12.0 Å². The van der Waals surface area contributed by atoms with E-state index in [2.05, 4.69) is 26.2 Å². The number of rotatable bonds is 3. The molecule has 0 atom stereocenters. The number of anilines is 2. The third kappa shape index (κ3) is 2.85. The van der Waals surface area contributed by atoms with Crippen molar-refractivity contribution < 1.29 is 4.42 Å². The van der Waals surface area contributed by atoms with Crippen LogP contribution in [0.1, 0.15) is 0 Å². The molecule has 0 amide bonds. The van der Waals surface area contributed by atoms with Crippen LogP contribution in [0, 0.1) is 0 Å². The van der Waals surface area contributed by atoms with E-state index in [4.69, 9.17) is 4.42 Å². The van der Waals surface area contributed by atoms with Gasteiger partial charge in [-0.15, -0.1) is 0 Å². The van der Waals surface area contributed by atoms with E-state index in [9.17, 15) is 0 Å². The third-order valence-corrected chi connectivity index (χ3v) is 3.20. The fraction of sp³-hybridized carbons (Fsp3) is 0. The molecular weight excluding hydrogens is 304 g/mol. The molecule has 0 radical (unpaired) electrons. The number of para-hydroxylation sites is 1. The number of hydrogen-bond donors (Lipinski definition) is 1. The van der Waals surface area contributed by atoms with E-state index in [1.165, 1.54) is 0 Å². The molecule has 0 saturated heterocycles. The molecule has 1 N–H and O–H groups in total. The van der Waals surface area contributed by atoms with Crippen molar-refractivity contribution in [2.24, 2.45) is 0 Å².